The molecule has 3 rings (SSSR count). The Hall–Kier alpha value is -0.620. The Morgan fingerprint density at radius 3 is 2.45 bits per heavy atom. The Balaban J connectivity index is 1.88. The molecule has 2 aliphatic rings. The lowest BCUT2D eigenvalue weighted by Crippen LogP contribution is -2.27. The molecule has 0 radical (unpaired) electrons. The van der Waals surface area contributed by atoms with E-state index in [2.05, 4.69) is 10.0 Å². The Kier molecular flexibility index (Phi) is 3.79. The number of hydrogen-bond acceptors (Lipinski definition) is 3. The van der Waals surface area contributed by atoms with Crippen LogP contribution in [0.5, 0.6) is 0 Å². The van der Waals surface area contributed by atoms with Crippen LogP contribution in [0.4, 0.5) is 0 Å². The minimum Gasteiger partial charge on any atom is -0.310 e. The summed E-state index contributed by atoms with van der Waals surface area (Å²) in [7, 11) is -3.46. The van der Waals surface area contributed by atoms with Crippen molar-refractivity contribution < 1.29 is 8.42 Å². The molecule has 0 saturated heterocycles. The van der Waals surface area contributed by atoms with Gasteiger partial charge in [-0.25, -0.2) is 13.1 Å². The summed E-state index contributed by atoms with van der Waals surface area (Å²) < 4.78 is 27.4. The number of rotatable bonds is 6. The maximum Gasteiger partial charge on any atom is 0.241 e. The van der Waals surface area contributed by atoms with Crippen LogP contribution >= 0.6 is 11.6 Å². The molecule has 2 saturated carbocycles. The van der Waals surface area contributed by atoms with Gasteiger partial charge in [0.2, 0.25) is 10.0 Å². The van der Waals surface area contributed by atoms with Crippen LogP contribution < -0.4 is 10.0 Å². The van der Waals surface area contributed by atoms with Gasteiger partial charge in [0.1, 0.15) is 0 Å². The van der Waals surface area contributed by atoms with Gasteiger partial charge in [-0.3, -0.25) is 0 Å². The van der Waals surface area contributed by atoms with Crippen molar-refractivity contribution in [1.82, 2.24) is 10.0 Å². The quantitative estimate of drug-likeness (QED) is 0.847. The first-order valence-corrected chi connectivity index (χ1v) is 8.86. The van der Waals surface area contributed by atoms with Gasteiger partial charge in [0, 0.05) is 23.7 Å². The number of hydrogen-bond donors (Lipinski definition) is 2. The van der Waals surface area contributed by atoms with Gasteiger partial charge in [-0.05, 0) is 55.9 Å². The molecule has 1 aromatic rings. The minimum atomic E-state index is -3.46. The van der Waals surface area contributed by atoms with Crippen LogP contribution in [0.15, 0.2) is 17.0 Å². The second kappa shape index (κ2) is 5.30. The van der Waals surface area contributed by atoms with Crippen LogP contribution in [-0.2, 0) is 16.6 Å². The second-order valence-corrected chi connectivity index (χ2v) is 7.86. The fourth-order valence-electron chi connectivity index (χ4n) is 2.20. The van der Waals surface area contributed by atoms with Gasteiger partial charge in [-0.15, -0.1) is 0 Å². The molecule has 1 aromatic carbocycles. The second-order valence-electron chi connectivity index (χ2n) is 5.74. The summed E-state index contributed by atoms with van der Waals surface area (Å²) >= 11 is 6.09. The first-order chi connectivity index (χ1) is 9.45. The van der Waals surface area contributed by atoms with E-state index in [9.17, 15) is 8.42 Å². The zero-order valence-corrected chi connectivity index (χ0v) is 13.0. The van der Waals surface area contributed by atoms with Crippen LogP contribution in [-0.4, -0.2) is 20.5 Å². The molecule has 4 nitrogen and oxygen atoms in total. The minimum absolute atomic E-state index is 0.103. The average molecular weight is 315 g/mol. The highest BCUT2D eigenvalue weighted by Gasteiger charge is 2.29. The van der Waals surface area contributed by atoms with Gasteiger partial charge in [-0.1, -0.05) is 11.6 Å². The Bertz CT molecular complexity index is 622. The fraction of sp³-hybridized carbons (Fsp3) is 0.571. The van der Waals surface area contributed by atoms with Crippen molar-refractivity contribution >= 4 is 21.6 Å². The summed E-state index contributed by atoms with van der Waals surface area (Å²) in [6.07, 6.45) is 4.26. The van der Waals surface area contributed by atoms with Gasteiger partial charge in [-0.2, -0.15) is 0 Å². The van der Waals surface area contributed by atoms with Crippen molar-refractivity contribution in [1.29, 1.82) is 0 Å². The molecular weight excluding hydrogens is 296 g/mol. The highest BCUT2D eigenvalue weighted by molar-refractivity contribution is 7.89. The zero-order valence-electron chi connectivity index (χ0n) is 11.4. The lowest BCUT2D eigenvalue weighted by Gasteiger charge is -2.14. The van der Waals surface area contributed by atoms with Crippen molar-refractivity contribution in [3.63, 3.8) is 0 Å². The van der Waals surface area contributed by atoms with Gasteiger partial charge in [0.25, 0.3) is 0 Å². The van der Waals surface area contributed by atoms with Gasteiger partial charge in [0.15, 0.2) is 0 Å². The summed E-state index contributed by atoms with van der Waals surface area (Å²) in [5, 5.41) is 3.87. The molecule has 6 heteroatoms. The van der Waals surface area contributed by atoms with Crippen molar-refractivity contribution in [2.24, 2.45) is 0 Å². The van der Waals surface area contributed by atoms with Gasteiger partial charge in [0.05, 0.1) is 4.90 Å². The van der Waals surface area contributed by atoms with Crippen LogP contribution in [0.1, 0.15) is 36.8 Å². The number of benzene rings is 1. The molecule has 0 amide bonds. The third-order valence-electron chi connectivity index (χ3n) is 3.78. The normalized spacial score (nSPS) is 19.3. The summed E-state index contributed by atoms with van der Waals surface area (Å²) in [6.45, 7) is 2.52. The number of halogens is 1. The van der Waals surface area contributed by atoms with Crippen molar-refractivity contribution in [3.05, 3.63) is 28.3 Å². The van der Waals surface area contributed by atoms with Crippen molar-refractivity contribution in [2.45, 2.75) is 56.1 Å². The summed E-state index contributed by atoms with van der Waals surface area (Å²) in [6, 6.07) is 4.08. The highest BCUT2D eigenvalue weighted by Crippen LogP contribution is 2.28. The Morgan fingerprint density at radius 1 is 1.20 bits per heavy atom. The topological polar surface area (TPSA) is 58.2 Å². The lowest BCUT2D eigenvalue weighted by atomic mass is 10.1. The number of sulfonamides is 1. The van der Waals surface area contributed by atoms with Gasteiger partial charge >= 0.3 is 0 Å². The molecule has 0 atom stereocenters. The first-order valence-electron chi connectivity index (χ1n) is 7.00. The van der Waals surface area contributed by atoms with E-state index in [4.69, 9.17) is 11.6 Å². The first kappa shape index (κ1) is 14.3. The van der Waals surface area contributed by atoms with Crippen molar-refractivity contribution in [2.75, 3.05) is 0 Å². The summed E-state index contributed by atoms with van der Waals surface area (Å²) in [5.74, 6) is 0. The van der Waals surface area contributed by atoms with E-state index in [1.165, 1.54) is 12.8 Å². The Morgan fingerprint density at radius 2 is 1.85 bits per heavy atom. The summed E-state index contributed by atoms with van der Waals surface area (Å²) in [4.78, 5) is 0.310. The monoisotopic (exact) mass is 314 g/mol. The highest BCUT2D eigenvalue weighted by atomic mass is 35.5. The molecular formula is C14H19ClN2O2S. The van der Waals surface area contributed by atoms with E-state index in [0.717, 1.165) is 24.0 Å². The Labute approximate surface area is 125 Å². The van der Waals surface area contributed by atoms with E-state index >= 15 is 0 Å². The molecule has 0 bridgehead atoms. The van der Waals surface area contributed by atoms with Crippen LogP contribution in [0.3, 0.4) is 0 Å². The van der Waals surface area contributed by atoms with Crippen LogP contribution in [0.2, 0.25) is 5.02 Å². The molecule has 0 spiro atoms. The van der Waals surface area contributed by atoms with E-state index < -0.39 is 10.0 Å². The molecule has 0 aromatic heterocycles. The SMILES string of the molecule is Cc1c(CNC2CC2)cc(Cl)cc1S(=O)(=O)NC1CC1. The molecule has 20 heavy (non-hydrogen) atoms. The predicted molar refractivity (Wildman–Crippen MR) is 79.4 cm³/mol. The standard InChI is InChI=1S/C14H19ClN2O2S/c1-9-10(8-16-12-2-3-12)6-11(15)7-14(9)20(18,19)17-13-4-5-13/h6-7,12-13,16-17H,2-5,8H2,1H3. The molecule has 0 aliphatic heterocycles. The zero-order chi connectivity index (χ0) is 14.3. The van der Waals surface area contributed by atoms with E-state index in [0.29, 0.717) is 22.5 Å². The predicted octanol–water partition coefficient (Wildman–Crippen LogP) is 2.34. The van der Waals surface area contributed by atoms with Crippen molar-refractivity contribution in [3.8, 4) is 0 Å². The maximum atomic E-state index is 12.4. The maximum absolute atomic E-state index is 12.4. The molecule has 2 fully saturated rings. The third kappa shape index (κ3) is 3.34. The largest absolute Gasteiger partial charge is 0.310 e. The van der Waals surface area contributed by atoms with E-state index in [1.54, 1.807) is 6.07 Å². The van der Waals surface area contributed by atoms with Crippen LogP contribution in [0.25, 0.3) is 0 Å². The van der Waals surface area contributed by atoms with E-state index in [-0.39, 0.29) is 6.04 Å². The smallest absolute Gasteiger partial charge is 0.241 e. The lowest BCUT2D eigenvalue weighted by molar-refractivity contribution is 0.580. The molecule has 0 unspecified atom stereocenters. The van der Waals surface area contributed by atoms with Gasteiger partial charge < -0.3 is 5.32 Å². The molecule has 2 aliphatic carbocycles. The van der Waals surface area contributed by atoms with Crippen LogP contribution in [0, 0.1) is 6.92 Å². The fourth-order valence-corrected chi connectivity index (χ4v) is 4.12. The number of nitrogens with one attached hydrogen (secondary N) is 2. The van der Waals surface area contributed by atoms with E-state index in [1.807, 2.05) is 13.0 Å². The molecule has 2 N–H and O–H groups in total. The molecule has 110 valence electrons. The average Bonchev–Trinajstić information content (AvgIpc) is 3.23. The molecule has 0 heterocycles. The summed E-state index contributed by atoms with van der Waals surface area (Å²) in [5.41, 5.74) is 1.75. The third-order valence-corrected chi connectivity index (χ3v) is 5.64.